The molecule has 2 heterocycles. The molecule has 0 aliphatic carbocycles. The summed E-state index contributed by atoms with van der Waals surface area (Å²) >= 11 is 0. The van der Waals surface area contributed by atoms with E-state index in [2.05, 4.69) is 32.6 Å². The first-order valence-electron chi connectivity index (χ1n) is 6.91. The first-order chi connectivity index (χ1) is 10.1. The highest BCUT2D eigenvalue weighted by atomic mass is 16.2. The Morgan fingerprint density at radius 1 is 1.14 bits per heavy atom. The van der Waals surface area contributed by atoms with Crippen LogP contribution >= 0.6 is 0 Å². The highest BCUT2D eigenvalue weighted by Crippen LogP contribution is 2.10. The number of hydrogen-bond acceptors (Lipinski definition) is 5. The maximum absolute atomic E-state index is 12.1. The molecule has 2 aromatic heterocycles. The first-order valence-corrected chi connectivity index (χ1v) is 6.91. The molecule has 0 fully saturated rings. The van der Waals surface area contributed by atoms with Gasteiger partial charge in [0.05, 0.1) is 12.1 Å². The van der Waals surface area contributed by atoms with E-state index in [-0.39, 0.29) is 24.0 Å². The van der Waals surface area contributed by atoms with Gasteiger partial charge in [-0.3, -0.25) is 14.8 Å². The summed E-state index contributed by atoms with van der Waals surface area (Å²) in [6, 6.07) is 3.45. The molecule has 0 aromatic carbocycles. The topological polar surface area (TPSA) is 84.7 Å². The van der Waals surface area contributed by atoms with Crippen LogP contribution in [0.25, 0.3) is 0 Å². The number of carbonyl (C=O) groups excluding carboxylic acids is 1. The summed E-state index contributed by atoms with van der Waals surface area (Å²) in [5, 5.41) is 10.1. The third-order valence-electron chi connectivity index (χ3n) is 3.37. The quantitative estimate of drug-likeness (QED) is 0.835. The average molecular weight is 288 g/mol. The molecule has 7 heteroatoms. The van der Waals surface area contributed by atoms with Crippen LogP contribution in [0.1, 0.15) is 26.8 Å². The summed E-state index contributed by atoms with van der Waals surface area (Å²) in [5.74, 6) is 0.143. The van der Waals surface area contributed by atoms with Crippen molar-refractivity contribution >= 4 is 11.9 Å². The monoisotopic (exact) mass is 288 g/mol. The van der Waals surface area contributed by atoms with Crippen LogP contribution in [0, 0.1) is 0 Å². The van der Waals surface area contributed by atoms with Gasteiger partial charge in [-0.05, 0) is 32.9 Å². The standard InChI is InChI=1S/C14H20N6O/c1-10(12(3)20-9-5-8-17-20)18-11(2)13(21)19-14-15-6-4-7-16-14/h4-12,18H,1-3H3,(H,15,16,19,21)/t10-,11+,12+/m1/s1. The van der Waals surface area contributed by atoms with Crippen LogP contribution in [0.4, 0.5) is 5.95 Å². The van der Waals surface area contributed by atoms with Crippen LogP contribution < -0.4 is 10.6 Å². The molecule has 21 heavy (non-hydrogen) atoms. The molecule has 2 aromatic rings. The maximum Gasteiger partial charge on any atom is 0.243 e. The van der Waals surface area contributed by atoms with Gasteiger partial charge in [0.25, 0.3) is 0 Å². The second-order valence-corrected chi connectivity index (χ2v) is 4.97. The summed E-state index contributed by atoms with van der Waals surface area (Å²) in [7, 11) is 0. The van der Waals surface area contributed by atoms with E-state index < -0.39 is 0 Å². The lowest BCUT2D eigenvalue weighted by Crippen LogP contribution is -2.45. The number of nitrogens with zero attached hydrogens (tertiary/aromatic N) is 4. The number of amides is 1. The molecule has 0 saturated carbocycles. The van der Waals surface area contributed by atoms with E-state index in [1.807, 2.05) is 30.8 Å². The average Bonchev–Trinajstić information content (AvgIpc) is 3.01. The van der Waals surface area contributed by atoms with E-state index in [4.69, 9.17) is 0 Å². The van der Waals surface area contributed by atoms with Gasteiger partial charge in [-0.25, -0.2) is 9.97 Å². The van der Waals surface area contributed by atoms with Gasteiger partial charge < -0.3 is 5.32 Å². The van der Waals surface area contributed by atoms with Gasteiger partial charge in [-0.15, -0.1) is 0 Å². The zero-order valence-electron chi connectivity index (χ0n) is 12.4. The summed E-state index contributed by atoms with van der Waals surface area (Å²) in [6.45, 7) is 5.88. The van der Waals surface area contributed by atoms with Crippen LogP contribution in [-0.2, 0) is 4.79 Å². The molecule has 0 unspecified atom stereocenters. The van der Waals surface area contributed by atoms with Gasteiger partial charge in [-0.2, -0.15) is 5.10 Å². The maximum atomic E-state index is 12.1. The Bertz CT molecular complexity index is 556. The van der Waals surface area contributed by atoms with Gasteiger partial charge in [0.1, 0.15) is 0 Å². The van der Waals surface area contributed by atoms with Crippen LogP contribution in [0.15, 0.2) is 36.9 Å². The minimum Gasteiger partial charge on any atom is -0.301 e. The first kappa shape index (κ1) is 15.1. The molecule has 2 N–H and O–H groups in total. The van der Waals surface area contributed by atoms with E-state index in [1.165, 1.54) is 0 Å². The van der Waals surface area contributed by atoms with Crippen LogP contribution in [-0.4, -0.2) is 37.7 Å². The minimum atomic E-state index is -0.359. The summed E-state index contributed by atoms with van der Waals surface area (Å²) in [4.78, 5) is 20.0. The van der Waals surface area contributed by atoms with E-state index in [9.17, 15) is 4.79 Å². The highest BCUT2D eigenvalue weighted by molar-refractivity contribution is 5.93. The Morgan fingerprint density at radius 2 is 1.86 bits per heavy atom. The molecule has 0 radical (unpaired) electrons. The van der Waals surface area contributed by atoms with Crippen molar-refractivity contribution in [1.29, 1.82) is 0 Å². The second kappa shape index (κ2) is 6.94. The number of nitrogens with one attached hydrogen (secondary N) is 2. The number of anilines is 1. The van der Waals surface area contributed by atoms with Crippen molar-refractivity contribution in [3.8, 4) is 0 Å². The van der Waals surface area contributed by atoms with E-state index in [0.717, 1.165) is 0 Å². The van der Waals surface area contributed by atoms with Crippen LogP contribution in [0.5, 0.6) is 0 Å². The third kappa shape index (κ3) is 4.09. The van der Waals surface area contributed by atoms with Crippen molar-refractivity contribution in [2.75, 3.05) is 5.32 Å². The summed E-state index contributed by atoms with van der Waals surface area (Å²) in [6.07, 6.45) is 6.82. The zero-order chi connectivity index (χ0) is 15.2. The van der Waals surface area contributed by atoms with Gasteiger partial charge in [-0.1, -0.05) is 0 Å². The zero-order valence-corrected chi connectivity index (χ0v) is 12.4. The molecule has 3 atom stereocenters. The molecule has 0 bridgehead atoms. The lowest BCUT2D eigenvalue weighted by Gasteiger charge is -2.24. The molecular formula is C14H20N6O. The van der Waals surface area contributed by atoms with Crippen molar-refractivity contribution in [2.45, 2.75) is 38.9 Å². The van der Waals surface area contributed by atoms with Gasteiger partial charge in [0.2, 0.25) is 11.9 Å². The molecule has 112 valence electrons. The van der Waals surface area contributed by atoms with Gasteiger partial charge in [0, 0.05) is 30.8 Å². The molecule has 0 aliphatic heterocycles. The third-order valence-corrected chi connectivity index (χ3v) is 3.37. The number of rotatable bonds is 6. The Morgan fingerprint density at radius 3 is 2.48 bits per heavy atom. The van der Waals surface area contributed by atoms with Crippen molar-refractivity contribution in [3.05, 3.63) is 36.9 Å². The lowest BCUT2D eigenvalue weighted by atomic mass is 10.1. The van der Waals surface area contributed by atoms with Crippen LogP contribution in [0.2, 0.25) is 0 Å². The Labute approximate surface area is 123 Å². The Kier molecular flexibility index (Phi) is 4.99. The normalized spacial score (nSPS) is 15.2. The molecular weight excluding hydrogens is 268 g/mol. The van der Waals surface area contributed by atoms with Gasteiger partial charge >= 0.3 is 0 Å². The molecule has 0 spiro atoms. The Hall–Kier alpha value is -2.28. The number of aromatic nitrogens is 4. The van der Waals surface area contributed by atoms with Crippen molar-refractivity contribution < 1.29 is 4.79 Å². The summed E-state index contributed by atoms with van der Waals surface area (Å²) < 4.78 is 1.86. The van der Waals surface area contributed by atoms with Crippen molar-refractivity contribution in [1.82, 2.24) is 25.1 Å². The summed E-state index contributed by atoms with van der Waals surface area (Å²) in [5.41, 5.74) is 0. The van der Waals surface area contributed by atoms with E-state index in [0.29, 0.717) is 5.95 Å². The lowest BCUT2D eigenvalue weighted by molar-refractivity contribution is -0.118. The van der Waals surface area contributed by atoms with Gasteiger partial charge in [0.15, 0.2) is 0 Å². The largest absolute Gasteiger partial charge is 0.301 e. The molecule has 0 aliphatic rings. The predicted molar refractivity (Wildman–Crippen MR) is 79.7 cm³/mol. The molecule has 0 saturated heterocycles. The van der Waals surface area contributed by atoms with E-state index in [1.54, 1.807) is 24.7 Å². The fourth-order valence-corrected chi connectivity index (χ4v) is 1.94. The smallest absolute Gasteiger partial charge is 0.243 e. The second-order valence-electron chi connectivity index (χ2n) is 4.97. The molecule has 7 nitrogen and oxygen atoms in total. The number of hydrogen-bond donors (Lipinski definition) is 2. The fraction of sp³-hybridized carbons (Fsp3) is 0.429. The molecule has 2 rings (SSSR count). The number of carbonyl (C=O) groups is 1. The molecule has 1 amide bonds. The van der Waals surface area contributed by atoms with E-state index >= 15 is 0 Å². The SMILES string of the molecule is C[C@H](N[C@H](C)[C@H](C)n1cccn1)C(=O)Nc1ncccn1. The Balaban J connectivity index is 1.88. The van der Waals surface area contributed by atoms with Crippen LogP contribution in [0.3, 0.4) is 0 Å². The van der Waals surface area contributed by atoms with Crippen molar-refractivity contribution in [3.63, 3.8) is 0 Å². The predicted octanol–water partition coefficient (Wildman–Crippen LogP) is 1.24. The minimum absolute atomic E-state index is 0.0855. The highest BCUT2D eigenvalue weighted by Gasteiger charge is 2.20. The van der Waals surface area contributed by atoms with Crippen molar-refractivity contribution in [2.24, 2.45) is 0 Å². The fourth-order valence-electron chi connectivity index (χ4n) is 1.94.